The quantitative estimate of drug-likeness (QED) is 0.784. The number of benzene rings is 1. The molecule has 1 atom stereocenters. The molecule has 0 bridgehead atoms. The molecule has 0 saturated carbocycles. The standard InChI is InChI=1S/C17H24ClN3O/c1-3-14(9-10-22)11-19-12-16-13(2)20-21(17(16)18)15-7-5-4-6-8-15/h4-8,14,19,22H,3,9-12H2,1-2H3. The van der Waals surface area contributed by atoms with E-state index in [2.05, 4.69) is 17.3 Å². The van der Waals surface area contributed by atoms with Gasteiger partial charge in [-0.25, -0.2) is 4.68 Å². The molecular weight excluding hydrogens is 298 g/mol. The maximum absolute atomic E-state index is 9.04. The van der Waals surface area contributed by atoms with Gasteiger partial charge in [-0.05, 0) is 37.9 Å². The van der Waals surface area contributed by atoms with E-state index < -0.39 is 0 Å². The third-order valence-electron chi connectivity index (χ3n) is 3.97. The van der Waals surface area contributed by atoms with Crippen molar-refractivity contribution < 1.29 is 5.11 Å². The number of aromatic nitrogens is 2. The zero-order chi connectivity index (χ0) is 15.9. The summed E-state index contributed by atoms with van der Waals surface area (Å²) in [6.45, 7) is 5.94. The highest BCUT2D eigenvalue weighted by atomic mass is 35.5. The number of aliphatic hydroxyl groups excluding tert-OH is 1. The summed E-state index contributed by atoms with van der Waals surface area (Å²) in [6.07, 6.45) is 1.89. The average molecular weight is 322 g/mol. The molecule has 0 aliphatic carbocycles. The molecule has 5 heteroatoms. The van der Waals surface area contributed by atoms with Crippen molar-refractivity contribution in [1.82, 2.24) is 15.1 Å². The summed E-state index contributed by atoms with van der Waals surface area (Å²) >= 11 is 6.49. The monoisotopic (exact) mass is 321 g/mol. The Kier molecular flexibility index (Phi) is 6.43. The number of halogens is 1. The van der Waals surface area contributed by atoms with Crippen molar-refractivity contribution in [2.24, 2.45) is 5.92 Å². The minimum atomic E-state index is 0.242. The first-order valence-electron chi connectivity index (χ1n) is 7.78. The minimum absolute atomic E-state index is 0.242. The second kappa shape index (κ2) is 8.32. The van der Waals surface area contributed by atoms with Gasteiger partial charge in [0.15, 0.2) is 0 Å². The van der Waals surface area contributed by atoms with Gasteiger partial charge in [-0.2, -0.15) is 5.10 Å². The Hall–Kier alpha value is -1.36. The minimum Gasteiger partial charge on any atom is -0.396 e. The molecule has 1 unspecified atom stereocenters. The van der Waals surface area contributed by atoms with Crippen LogP contribution in [0.3, 0.4) is 0 Å². The van der Waals surface area contributed by atoms with Gasteiger partial charge in [0, 0.05) is 18.7 Å². The van der Waals surface area contributed by atoms with Crippen molar-refractivity contribution in [3.8, 4) is 5.69 Å². The maximum atomic E-state index is 9.04. The number of nitrogens with zero attached hydrogens (tertiary/aromatic N) is 2. The molecule has 0 spiro atoms. The van der Waals surface area contributed by atoms with Crippen LogP contribution in [0.1, 0.15) is 31.0 Å². The number of hydrogen-bond donors (Lipinski definition) is 2. The lowest BCUT2D eigenvalue weighted by Gasteiger charge is -2.14. The average Bonchev–Trinajstić information content (AvgIpc) is 2.82. The second-order valence-electron chi connectivity index (χ2n) is 5.52. The van der Waals surface area contributed by atoms with E-state index in [1.165, 1.54) is 0 Å². The van der Waals surface area contributed by atoms with Crippen LogP contribution < -0.4 is 5.32 Å². The first-order chi connectivity index (χ1) is 10.7. The van der Waals surface area contributed by atoms with Gasteiger partial charge in [-0.3, -0.25) is 0 Å². The maximum Gasteiger partial charge on any atom is 0.137 e. The van der Waals surface area contributed by atoms with Gasteiger partial charge in [-0.1, -0.05) is 43.1 Å². The summed E-state index contributed by atoms with van der Waals surface area (Å²) in [7, 11) is 0. The van der Waals surface area contributed by atoms with Crippen LogP contribution in [0, 0.1) is 12.8 Å². The molecule has 4 nitrogen and oxygen atoms in total. The van der Waals surface area contributed by atoms with Crippen molar-refractivity contribution in [1.29, 1.82) is 0 Å². The van der Waals surface area contributed by atoms with Crippen molar-refractivity contribution in [3.05, 3.63) is 46.7 Å². The van der Waals surface area contributed by atoms with Crippen molar-refractivity contribution in [3.63, 3.8) is 0 Å². The van der Waals surface area contributed by atoms with Gasteiger partial charge < -0.3 is 10.4 Å². The second-order valence-corrected chi connectivity index (χ2v) is 5.88. The van der Waals surface area contributed by atoms with E-state index >= 15 is 0 Å². The molecule has 0 fully saturated rings. The number of hydrogen-bond acceptors (Lipinski definition) is 3. The zero-order valence-electron chi connectivity index (χ0n) is 13.2. The summed E-state index contributed by atoms with van der Waals surface area (Å²) in [5.74, 6) is 0.494. The highest BCUT2D eigenvalue weighted by molar-refractivity contribution is 6.30. The smallest absolute Gasteiger partial charge is 0.137 e. The highest BCUT2D eigenvalue weighted by Crippen LogP contribution is 2.23. The number of aliphatic hydroxyl groups is 1. The molecule has 22 heavy (non-hydrogen) atoms. The molecular formula is C17H24ClN3O. The molecule has 0 aliphatic heterocycles. The fourth-order valence-corrected chi connectivity index (χ4v) is 2.85. The van der Waals surface area contributed by atoms with Gasteiger partial charge in [-0.15, -0.1) is 0 Å². The van der Waals surface area contributed by atoms with E-state index in [9.17, 15) is 0 Å². The fourth-order valence-electron chi connectivity index (χ4n) is 2.51. The molecule has 1 aromatic heterocycles. The van der Waals surface area contributed by atoms with Gasteiger partial charge in [0.2, 0.25) is 0 Å². The lowest BCUT2D eigenvalue weighted by atomic mass is 10.0. The zero-order valence-corrected chi connectivity index (χ0v) is 14.0. The number of nitrogens with one attached hydrogen (secondary N) is 1. The van der Waals surface area contributed by atoms with Crippen molar-refractivity contribution in [2.45, 2.75) is 33.2 Å². The van der Waals surface area contributed by atoms with Crippen molar-refractivity contribution >= 4 is 11.6 Å². The van der Waals surface area contributed by atoms with Crippen LogP contribution in [0.4, 0.5) is 0 Å². The predicted octanol–water partition coefficient (Wildman–Crippen LogP) is 3.33. The van der Waals surface area contributed by atoms with Crippen LogP contribution in [-0.2, 0) is 6.54 Å². The Morgan fingerprint density at radius 3 is 2.68 bits per heavy atom. The molecule has 0 aliphatic rings. The topological polar surface area (TPSA) is 50.1 Å². The summed E-state index contributed by atoms with van der Waals surface area (Å²) < 4.78 is 1.78. The van der Waals surface area contributed by atoms with Gasteiger partial charge in [0.25, 0.3) is 0 Å². The first kappa shape index (κ1) is 17.0. The Balaban J connectivity index is 2.05. The normalized spacial score (nSPS) is 12.5. The summed E-state index contributed by atoms with van der Waals surface area (Å²) in [5.41, 5.74) is 2.94. The van der Waals surface area contributed by atoms with E-state index in [1.54, 1.807) is 4.68 Å². The van der Waals surface area contributed by atoms with E-state index in [1.807, 2.05) is 37.3 Å². The molecule has 1 heterocycles. The van der Waals surface area contributed by atoms with Crippen LogP contribution in [0.5, 0.6) is 0 Å². The van der Waals surface area contributed by atoms with Crippen LogP contribution in [0.2, 0.25) is 5.15 Å². The van der Waals surface area contributed by atoms with Crippen LogP contribution in [0.25, 0.3) is 5.69 Å². The van der Waals surface area contributed by atoms with E-state index in [4.69, 9.17) is 16.7 Å². The molecule has 2 N–H and O–H groups in total. The Morgan fingerprint density at radius 2 is 2.05 bits per heavy atom. The number of rotatable bonds is 8. The van der Waals surface area contributed by atoms with Gasteiger partial charge in [0.05, 0.1) is 11.4 Å². The Morgan fingerprint density at radius 1 is 1.32 bits per heavy atom. The lowest BCUT2D eigenvalue weighted by molar-refractivity contribution is 0.251. The Labute approximate surface area is 137 Å². The Bertz CT molecular complexity index is 583. The largest absolute Gasteiger partial charge is 0.396 e. The summed E-state index contributed by atoms with van der Waals surface area (Å²) in [5, 5.41) is 17.7. The molecule has 0 radical (unpaired) electrons. The van der Waals surface area contributed by atoms with E-state index in [0.29, 0.717) is 17.6 Å². The third kappa shape index (κ3) is 4.09. The van der Waals surface area contributed by atoms with Crippen LogP contribution >= 0.6 is 11.6 Å². The molecule has 0 amide bonds. The third-order valence-corrected chi connectivity index (χ3v) is 4.36. The fraction of sp³-hybridized carbons (Fsp3) is 0.471. The van der Waals surface area contributed by atoms with Gasteiger partial charge in [0.1, 0.15) is 5.15 Å². The van der Waals surface area contributed by atoms with Crippen LogP contribution in [0.15, 0.2) is 30.3 Å². The summed E-state index contributed by atoms with van der Waals surface area (Å²) in [6, 6.07) is 9.90. The highest BCUT2D eigenvalue weighted by Gasteiger charge is 2.14. The van der Waals surface area contributed by atoms with Gasteiger partial charge >= 0.3 is 0 Å². The molecule has 2 rings (SSSR count). The number of para-hydroxylation sites is 1. The predicted molar refractivity (Wildman–Crippen MR) is 90.5 cm³/mol. The van der Waals surface area contributed by atoms with E-state index in [0.717, 1.165) is 36.3 Å². The van der Waals surface area contributed by atoms with Crippen LogP contribution in [-0.4, -0.2) is 28.0 Å². The first-order valence-corrected chi connectivity index (χ1v) is 8.16. The molecule has 2 aromatic rings. The summed E-state index contributed by atoms with van der Waals surface area (Å²) in [4.78, 5) is 0. The number of aryl methyl sites for hydroxylation is 1. The molecule has 1 aromatic carbocycles. The molecule has 120 valence electrons. The van der Waals surface area contributed by atoms with Crippen molar-refractivity contribution in [2.75, 3.05) is 13.2 Å². The lowest BCUT2D eigenvalue weighted by Crippen LogP contribution is -2.23. The SMILES string of the molecule is CCC(CCO)CNCc1c(C)nn(-c2ccccc2)c1Cl. The van der Waals surface area contributed by atoms with E-state index in [-0.39, 0.29) is 6.61 Å². The molecule has 0 saturated heterocycles.